The molecule has 1 unspecified atom stereocenters. The second kappa shape index (κ2) is 4.07. The van der Waals surface area contributed by atoms with Gasteiger partial charge < -0.3 is 5.11 Å². The lowest BCUT2D eigenvalue weighted by Gasteiger charge is -2.20. The summed E-state index contributed by atoms with van der Waals surface area (Å²) in [4.78, 5) is 0. The molecule has 2 heterocycles. The quantitative estimate of drug-likeness (QED) is 0.864. The second-order valence-corrected chi connectivity index (χ2v) is 7.69. The summed E-state index contributed by atoms with van der Waals surface area (Å²) >= 11 is 3.42. The van der Waals surface area contributed by atoms with Crippen molar-refractivity contribution < 1.29 is 13.5 Å². The van der Waals surface area contributed by atoms with Crippen molar-refractivity contribution in [1.82, 2.24) is 9.78 Å². The van der Waals surface area contributed by atoms with Crippen molar-refractivity contribution in [2.24, 2.45) is 7.05 Å². The van der Waals surface area contributed by atoms with E-state index >= 15 is 0 Å². The molecule has 1 aromatic rings. The Hall–Kier alpha value is -0.400. The lowest BCUT2D eigenvalue weighted by molar-refractivity contribution is 0.0660. The average molecular weight is 323 g/mol. The minimum atomic E-state index is -3.09. The molecule has 1 N–H and O–H groups in total. The predicted molar refractivity (Wildman–Crippen MR) is 67.6 cm³/mol. The van der Waals surface area contributed by atoms with Gasteiger partial charge in [0, 0.05) is 13.5 Å². The minimum Gasteiger partial charge on any atom is -0.388 e. The zero-order chi connectivity index (χ0) is 12.8. The van der Waals surface area contributed by atoms with Crippen LogP contribution in [0.4, 0.5) is 0 Å². The van der Waals surface area contributed by atoms with E-state index in [0.717, 1.165) is 15.9 Å². The van der Waals surface area contributed by atoms with Crippen LogP contribution >= 0.6 is 15.9 Å². The van der Waals surface area contributed by atoms with E-state index in [1.165, 1.54) is 0 Å². The highest BCUT2D eigenvalue weighted by Crippen LogP contribution is 2.30. The van der Waals surface area contributed by atoms with Gasteiger partial charge in [0.05, 0.1) is 33.0 Å². The number of nitrogens with zero attached hydrogens (tertiary/aromatic N) is 2. The van der Waals surface area contributed by atoms with Gasteiger partial charge in [0.25, 0.3) is 0 Å². The zero-order valence-electron chi connectivity index (χ0n) is 9.77. The third-order valence-electron chi connectivity index (χ3n) is 3.13. The van der Waals surface area contributed by atoms with Gasteiger partial charge >= 0.3 is 0 Å². The molecule has 0 aliphatic carbocycles. The lowest BCUT2D eigenvalue weighted by atomic mass is 9.97. The topological polar surface area (TPSA) is 72.2 Å². The van der Waals surface area contributed by atoms with Crippen LogP contribution in [-0.2, 0) is 23.3 Å². The van der Waals surface area contributed by atoms with Gasteiger partial charge in [-0.25, -0.2) is 8.42 Å². The molecule has 0 radical (unpaired) electrons. The van der Waals surface area contributed by atoms with Gasteiger partial charge in [0.2, 0.25) is 0 Å². The van der Waals surface area contributed by atoms with E-state index in [4.69, 9.17) is 0 Å². The standard InChI is InChI=1S/C10H15BrN2O3S/c1-7-9(11)8(13(2)12-7)5-10(14)3-4-17(15,16)6-10/h14H,3-6H2,1-2H3. The largest absolute Gasteiger partial charge is 0.388 e. The van der Waals surface area contributed by atoms with Gasteiger partial charge in [-0.2, -0.15) is 5.10 Å². The molecule has 5 nitrogen and oxygen atoms in total. The summed E-state index contributed by atoms with van der Waals surface area (Å²) in [6, 6.07) is 0. The van der Waals surface area contributed by atoms with E-state index in [2.05, 4.69) is 21.0 Å². The van der Waals surface area contributed by atoms with Crippen LogP contribution in [0.25, 0.3) is 0 Å². The molecule has 0 saturated carbocycles. The molecule has 1 aliphatic rings. The number of aliphatic hydroxyl groups is 1. The first-order chi connectivity index (χ1) is 7.72. The second-order valence-electron chi connectivity index (χ2n) is 4.71. The number of aromatic nitrogens is 2. The highest BCUT2D eigenvalue weighted by Gasteiger charge is 2.41. The molecule has 0 amide bonds. The Balaban J connectivity index is 2.27. The van der Waals surface area contributed by atoms with Crippen molar-refractivity contribution in [3.63, 3.8) is 0 Å². The van der Waals surface area contributed by atoms with Crippen molar-refractivity contribution in [2.75, 3.05) is 11.5 Å². The van der Waals surface area contributed by atoms with Gasteiger partial charge in [-0.05, 0) is 29.3 Å². The molecule has 0 spiro atoms. The molecule has 17 heavy (non-hydrogen) atoms. The Morgan fingerprint density at radius 1 is 1.59 bits per heavy atom. The van der Waals surface area contributed by atoms with Crippen LogP contribution in [0.1, 0.15) is 17.8 Å². The molecule has 1 aliphatic heterocycles. The highest BCUT2D eigenvalue weighted by molar-refractivity contribution is 9.10. The van der Waals surface area contributed by atoms with Crippen molar-refractivity contribution in [1.29, 1.82) is 0 Å². The summed E-state index contributed by atoms with van der Waals surface area (Å²) in [7, 11) is -1.30. The highest BCUT2D eigenvalue weighted by atomic mass is 79.9. The maximum atomic E-state index is 11.4. The van der Waals surface area contributed by atoms with Crippen molar-refractivity contribution in [2.45, 2.75) is 25.4 Å². The van der Waals surface area contributed by atoms with Crippen LogP contribution in [-0.4, -0.2) is 40.4 Å². The predicted octanol–water partition coefficient (Wildman–Crippen LogP) is 0.583. The first kappa shape index (κ1) is 13.0. The third-order valence-corrected chi connectivity index (χ3v) is 5.96. The van der Waals surface area contributed by atoms with Gasteiger partial charge in [0.1, 0.15) is 0 Å². The number of hydrogen-bond donors (Lipinski definition) is 1. The van der Waals surface area contributed by atoms with Crippen LogP contribution < -0.4 is 0 Å². The van der Waals surface area contributed by atoms with E-state index in [0.29, 0.717) is 12.8 Å². The fourth-order valence-electron chi connectivity index (χ4n) is 2.22. The van der Waals surface area contributed by atoms with E-state index in [1.807, 2.05) is 6.92 Å². The summed E-state index contributed by atoms with van der Waals surface area (Å²) in [5.74, 6) is -0.0887. The van der Waals surface area contributed by atoms with Crippen molar-refractivity contribution >= 4 is 25.8 Å². The molecule has 1 atom stereocenters. The smallest absolute Gasteiger partial charge is 0.153 e. The molecule has 0 aromatic carbocycles. The Morgan fingerprint density at radius 2 is 2.24 bits per heavy atom. The van der Waals surface area contributed by atoms with E-state index in [-0.39, 0.29) is 11.5 Å². The summed E-state index contributed by atoms with van der Waals surface area (Å²) in [5.41, 5.74) is 0.524. The molecule has 0 bridgehead atoms. The van der Waals surface area contributed by atoms with E-state index in [9.17, 15) is 13.5 Å². The number of aryl methyl sites for hydroxylation is 2. The van der Waals surface area contributed by atoms with Gasteiger partial charge in [-0.3, -0.25) is 4.68 Å². The van der Waals surface area contributed by atoms with Gasteiger partial charge in [-0.15, -0.1) is 0 Å². The monoisotopic (exact) mass is 322 g/mol. The molecular weight excluding hydrogens is 308 g/mol. The number of halogens is 1. The maximum absolute atomic E-state index is 11.4. The Labute approximate surface area is 109 Å². The average Bonchev–Trinajstić information content (AvgIpc) is 2.59. The van der Waals surface area contributed by atoms with E-state index in [1.54, 1.807) is 11.7 Å². The minimum absolute atomic E-state index is 0.0674. The normalized spacial score (nSPS) is 27.5. The van der Waals surface area contributed by atoms with Crippen LogP contribution in [0.5, 0.6) is 0 Å². The maximum Gasteiger partial charge on any atom is 0.153 e. The Bertz CT molecular complexity index is 552. The summed E-state index contributed by atoms with van der Waals surface area (Å²) < 4.78 is 25.4. The fraction of sp³-hybridized carbons (Fsp3) is 0.700. The number of sulfone groups is 1. The van der Waals surface area contributed by atoms with Gasteiger partial charge in [0.15, 0.2) is 9.84 Å². The molecule has 2 rings (SSSR count). The van der Waals surface area contributed by atoms with Crippen LogP contribution in [0.2, 0.25) is 0 Å². The van der Waals surface area contributed by atoms with E-state index < -0.39 is 15.4 Å². The first-order valence-electron chi connectivity index (χ1n) is 5.33. The first-order valence-corrected chi connectivity index (χ1v) is 7.95. The summed E-state index contributed by atoms with van der Waals surface area (Å²) in [6.07, 6.45) is 0.607. The molecule has 7 heteroatoms. The van der Waals surface area contributed by atoms with Crippen molar-refractivity contribution in [3.8, 4) is 0 Å². The molecule has 1 saturated heterocycles. The molecule has 96 valence electrons. The SMILES string of the molecule is Cc1nn(C)c(CC2(O)CCS(=O)(=O)C2)c1Br. The summed E-state index contributed by atoms with van der Waals surface area (Å²) in [5, 5.41) is 14.5. The molecule has 1 aromatic heterocycles. The van der Waals surface area contributed by atoms with Crippen LogP contribution in [0, 0.1) is 6.92 Å². The third kappa shape index (κ3) is 2.56. The Morgan fingerprint density at radius 3 is 2.65 bits per heavy atom. The lowest BCUT2D eigenvalue weighted by Crippen LogP contribution is -2.33. The van der Waals surface area contributed by atoms with Gasteiger partial charge in [-0.1, -0.05) is 0 Å². The molecular formula is C10H15BrN2O3S. The van der Waals surface area contributed by atoms with Crippen molar-refractivity contribution in [3.05, 3.63) is 15.9 Å². The number of rotatable bonds is 2. The fourth-order valence-corrected chi connectivity index (χ4v) is 4.60. The van der Waals surface area contributed by atoms with Crippen LogP contribution in [0.3, 0.4) is 0 Å². The Kier molecular flexibility index (Phi) is 3.12. The summed E-state index contributed by atoms with van der Waals surface area (Å²) in [6.45, 7) is 1.86. The van der Waals surface area contributed by atoms with Crippen LogP contribution in [0.15, 0.2) is 4.47 Å². The zero-order valence-corrected chi connectivity index (χ0v) is 12.2. The number of hydrogen-bond acceptors (Lipinski definition) is 4. The molecule has 1 fully saturated rings.